The molecule has 2 heterocycles. The lowest BCUT2D eigenvalue weighted by atomic mass is 10.0. The molecular formula is C6H10N2O5. The summed E-state index contributed by atoms with van der Waals surface area (Å²) in [6.45, 7) is 0.101. The van der Waals surface area contributed by atoms with Crippen LogP contribution in [0.5, 0.6) is 0 Å². The molecule has 0 saturated carbocycles. The van der Waals surface area contributed by atoms with Crippen LogP contribution in [0.4, 0.5) is 0 Å². The van der Waals surface area contributed by atoms with Crippen LogP contribution in [0.2, 0.25) is 0 Å². The van der Waals surface area contributed by atoms with Crippen molar-refractivity contribution in [3.8, 4) is 0 Å². The third kappa shape index (κ3) is 1.12. The highest BCUT2D eigenvalue weighted by Crippen LogP contribution is 2.30. The molecule has 0 spiro atoms. The Hall–Kier alpha value is -0.760. The van der Waals surface area contributed by atoms with Gasteiger partial charge in [-0.1, -0.05) is 0 Å². The van der Waals surface area contributed by atoms with Crippen LogP contribution >= 0.6 is 0 Å². The molecule has 3 N–H and O–H groups in total. The molecule has 2 aliphatic rings. The smallest absolute Gasteiger partial charge is 0.177 e. The van der Waals surface area contributed by atoms with E-state index in [4.69, 9.17) is 4.74 Å². The summed E-state index contributed by atoms with van der Waals surface area (Å²) in [4.78, 5) is 10.2. The fourth-order valence-electron chi connectivity index (χ4n) is 1.70. The SMILES string of the molecule is O=NN1CC2OC1C(O)C(O)C2O. The van der Waals surface area contributed by atoms with Gasteiger partial charge >= 0.3 is 0 Å². The van der Waals surface area contributed by atoms with Crippen LogP contribution in [0.3, 0.4) is 0 Å². The van der Waals surface area contributed by atoms with Crippen molar-refractivity contribution >= 4 is 0 Å². The maximum absolute atomic E-state index is 10.2. The summed E-state index contributed by atoms with van der Waals surface area (Å²) in [5, 5.41) is 31.6. The van der Waals surface area contributed by atoms with Gasteiger partial charge in [-0.15, -0.1) is 4.91 Å². The van der Waals surface area contributed by atoms with Crippen LogP contribution in [-0.2, 0) is 4.74 Å². The normalized spacial score (nSPS) is 49.5. The molecule has 2 fully saturated rings. The predicted octanol–water partition coefficient (Wildman–Crippen LogP) is -2.21. The van der Waals surface area contributed by atoms with Gasteiger partial charge in [0.2, 0.25) is 0 Å². The zero-order valence-electron chi connectivity index (χ0n) is 6.65. The molecule has 7 nitrogen and oxygen atoms in total. The summed E-state index contributed by atoms with van der Waals surface area (Å²) in [7, 11) is 0. The van der Waals surface area contributed by atoms with E-state index in [1.54, 1.807) is 0 Å². The van der Waals surface area contributed by atoms with Gasteiger partial charge in [0.15, 0.2) is 6.23 Å². The highest BCUT2D eigenvalue weighted by Gasteiger charge is 2.52. The third-order valence-corrected chi connectivity index (χ3v) is 2.45. The molecule has 0 aromatic carbocycles. The van der Waals surface area contributed by atoms with E-state index >= 15 is 0 Å². The Morgan fingerprint density at radius 3 is 2.54 bits per heavy atom. The van der Waals surface area contributed by atoms with Gasteiger partial charge in [-0.2, -0.15) is 0 Å². The van der Waals surface area contributed by atoms with Crippen molar-refractivity contribution in [2.45, 2.75) is 30.6 Å². The lowest BCUT2D eigenvalue weighted by molar-refractivity contribution is -0.209. The van der Waals surface area contributed by atoms with Crippen molar-refractivity contribution in [3.05, 3.63) is 4.91 Å². The van der Waals surface area contributed by atoms with Crippen LogP contribution in [0.15, 0.2) is 5.29 Å². The zero-order valence-corrected chi connectivity index (χ0v) is 6.65. The van der Waals surface area contributed by atoms with Crippen molar-refractivity contribution < 1.29 is 20.1 Å². The van der Waals surface area contributed by atoms with E-state index in [1.165, 1.54) is 0 Å². The Kier molecular flexibility index (Phi) is 1.95. The molecule has 74 valence electrons. The first-order chi connectivity index (χ1) is 6.15. The van der Waals surface area contributed by atoms with E-state index in [0.29, 0.717) is 0 Å². The second kappa shape index (κ2) is 2.88. The van der Waals surface area contributed by atoms with Crippen LogP contribution in [-0.4, -0.2) is 57.5 Å². The number of rotatable bonds is 1. The van der Waals surface area contributed by atoms with E-state index < -0.39 is 30.6 Å². The minimum atomic E-state index is -1.30. The van der Waals surface area contributed by atoms with Crippen molar-refractivity contribution in [2.24, 2.45) is 5.29 Å². The Balaban J connectivity index is 2.21. The topological polar surface area (TPSA) is 103 Å². The van der Waals surface area contributed by atoms with Gasteiger partial charge in [0.25, 0.3) is 0 Å². The van der Waals surface area contributed by atoms with E-state index in [1.807, 2.05) is 0 Å². The first-order valence-corrected chi connectivity index (χ1v) is 3.94. The second-order valence-corrected chi connectivity index (χ2v) is 3.24. The highest BCUT2D eigenvalue weighted by molar-refractivity contribution is 4.97. The van der Waals surface area contributed by atoms with Crippen LogP contribution in [0, 0.1) is 4.91 Å². The Morgan fingerprint density at radius 2 is 1.92 bits per heavy atom. The zero-order chi connectivity index (χ0) is 9.59. The summed E-state index contributed by atoms with van der Waals surface area (Å²) in [6, 6.07) is 0. The van der Waals surface area contributed by atoms with Crippen molar-refractivity contribution in [3.63, 3.8) is 0 Å². The van der Waals surface area contributed by atoms with Gasteiger partial charge in [0.1, 0.15) is 24.4 Å². The van der Waals surface area contributed by atoms with Crippen LogP contribution in [0.25, 0.3) is 0 Å². The average Bonchev–Trinajstić information content (AvgIpc) is 2.53. The Bertz CT molecular complexity index is 223. The van der Waals surface area contributed by atoms with E-state index in [-0.39, 0.29) is 6.54 Å². The summed E-state index contributed by atoms with van der Waals surface area (Å²) in [5.74, 6) is 0. The van der Waals surface area contributed by atoms with E-state index in [0.717, 1.165) is 5.01 Å². The minimum absolute atomic E-state index is 0.101. The number of nitrogens with zero attached hydrogens (tertiary/aromatic N) is 2. The molecule has 13 heavy (non-hydrogen) atoms. The molecule has 0 aromatic rings. The molecule has 7 heteroatoms. The van der Waals surface area contributed by atoms with Gasteiger partial charge in [0, 0.05) is 0 Å². The first kappa shape index (κ1) is 8.82. The molecule has 2 saturated heterocycles. The molecule has 2 bridgehead atoms. The van der Waals surface area contributed by atoms with Gasteiger partial charge in [-0.25, -0.2) is 5.01 Å². The molecule has 2 aliphatic heterocycles. The lowest BCUT2D eigenvalue weighted by Gasteiger charge is -2.33. The number of ether oxygens (including phenoxy) is 1. The lowest BCUT2D eigenvalue weighted by Crippen LogP contribution is -2.54. The largest absolute Gasteiger partial charge is 0.388 e. The Morgan fingerprint density at radius 1 is 1.23 bits per heavy atom. The van der Waals surface area contributed by atoms with E-state index in [9.17, 15) is 20.2 Å². The average molecular weight is 190 g/mol. The molecule has 5 atom stereocenters. The third-order valence-electron chi connectivity index (χ3n) is 2.45. The second-order valence-electron chi connectivity index (χ2n) is 3.24. The van der Waals surface area contributed by atoms with Crippen LogP contribution < -0.4 is 0 Å². The standard InChI is InChI=1S/C6H10N2O5/c9-3-2-1-8(7-12)6(13-2)5(11)4(3)10/h2-6,9-11H,1H2. The van der Waals surface area contributed by atoms with Gasteiger partial charge in [0.05, 0.1) is 11.8 Å². The van der Waals surface area contributed by atoms with Gasteiger partial charge < -0.3 is 20.1 Å². The first-order valence-electron chi connectivity index (χ1n) is 3.94. The molecular weight excluding hydrogens is 180 g/mol. The van der Waals surface area contributed by atoms with Gasteiger partial charge in [-0.05, 0) is 0 Å². The quantitative estimate of drug-likeness (QED) is 0.405. The number of nitroso groups, excluding NO2 is 1. The molecule has 0 aliphatic carbocycles. The fourth-order valence-corrected chi connectivity index (χ4v) is 1.70. The van der Waals surface area contributed by atoms with Crippen molar-refractivity contribution in [1.29, 1.82) is 0 Å². The number of aliphatic hydroxyl groups excluding tert-OH is 3. The van der Waals surface area contributed by atoms with E-state index in [2.05, 4.69) is 5.29 Å². The summed E-state index contributed by atoms with van der Waals surface area (Å²) >= 11 is 0. The van der Waals surface area contributed by atoms with Crippen LogP contribution in [0.1, 0.15) is 0 Å². The summed E-state index contributed by atoms with van der Waals surface area (Å²) < 4.78 is 5.07. The maximum Gasteiger partial charge on any atom is 0.177 e. The molecule has 0 aromatic heterocycles. The summed E-state index contributed by atoms with van der Waals surface area (Å²) in [5.41, 5.74) is 0. The minimum Gasteiger partial charge on any atom is -0.388 e. The van der Waals surface area contributed by atoms with Crippen molar-refractivity contribution in [2.75, 3.05) is 6.54 Å². The molecule has 0 amide bonds. The maximum atomic E-state index is 10.2. The number of fused-ring (bicyclic) bond motifs is 2. The monoisotopic (exact) mass is 190 g/mol. The predicted molar refractivity (Wildman–Crippen MR) is 39.2 cm³/mol. The molecule has 5 unspecified atom stereocenters. The Labute approximate surface area is 73.5 Å². The van der Waals surface area contributed by atoms with Gasteiger partial charge in [-0.3, -0.25) is 0 Å². The highest BCUT2D eigenvalue weighted by atomic mass is 16.6. The fraction of sp³-hybridized carbons (Fsp3) is 1.00. The molecule has 2 rings (SSSR count). The number of hydrogen-bond donors (Lipinski definition) is 3. The summed E-state index contributed by atoms with van der Waals surface area (Å²) in [6.07, 6.45) is -5.33. The number of aliphatic hydroxyl groups is 3. The number of hydrogen-bond acceptors (Lipinski definition) is 6. The molecule has 0 radical (unpaired) electrons. The van der Waals surface area contributed by atoms with Crippen molar-refractivity contribution in [1.82, 2.24) is 5.01 Å².